The van der Waals surface area contributed by atoms with Crippen LogP contribution in [-0.2, 0) is 0 Å². The summed E-state index contributed by atoms with van der Waals surface area (Å²) in [5, 5.41) is 5.97. The lowest BCUT2D eigenvalue weighted by Gasteiger charge is -2.12. The monoisotopic (exact) mass is 330 g/mol. The summed E-state index contributed by atoms with van der Waals surface area (Å²) in [5.41, 5.74) is 1.27. The normalized spacial score (nSPS) is 10.2. The standard InChI is InChI=1S/C18H19ClN2O2/c1-2-3-12-20-17(22)14-9-5-7-11-16(14)21-18(23)13-8-4-6-10-15(13)19/h4-11H,2-3,12H2,1H3,(H,20,22)(H,21,23). The molecule has 0 atom stereocenters. The van der Waals surface area contributed by atoms with Crippen LogP contribution in [0.25, 0.3) is 0 Å². The zero-order valence-corrected chi connectivity index (χ0v) is 13.7. The second kappa shape index (κ2) is 8.34. The summed E-state index contributed by atoms with van der Waals surface area (Å²) < 4.78 is 0. The van der Waals surface area contributed by atoms with Crippen LogP contribution < -0.4 is 10.6 Å². The zero-order chi connectivity index (χ0) is 16.7. The number of carbonyl (C=O) groups excluding carboxylic acids is 2. The molecule has 2 N–H and O–H groups in total. The predicted octanol–water partition coefficient (Wildman–Crippen LogP) is 4.12. The van der Waals surface area contributed by atoms with Crippen LogP contribution in [-0.4, -0.2) is 18.4 Å². The number of amides is 2. The molecule has 0 aliphatic carbocycles. The van der Waals surface area contributed by atoms with E-state index in [4.69, 9.17) is 11.6 Å². The maximum absolute atomic E-state index is 12.3. The van der Waals surface area contributed by atoms with Crippen molar-refractivity contribution in [3.8, 4) is 0 Å². The molecule has 120 valence electrons. The second-order valence-electron chi connectivity index (χ2n) is 5.09. The highest BCUT2D eigenvalue weighted by Gasteiger charge is 2.15. The average Bonchev–Trinajstić information content (AvgIpc) is 2.55. The third-order valence-corrected chi connectivity index (χ3v) is 3.68. The molecule has 2 rings (SSSR count). The largest absolute Gasteiger partial charge is 0.352 e. The number of hydrogen-bond donors (Lipinski definition) is 2. The molecule has 0 saturated carbocycles. The van der Waals surface area contributed by atoms with Gasteiger partial charge in [-0.3, -0.25) is 9.59 Å². The maximum Gasteiger partial charge on any atom is 0.257 e. The van der Waals surface area contributed by atoms with Crippen LogP contribution in [0.4, 0.5) is 5.69 Å². The van der Waals surface area contributed by atoms with Gasteiger partial charge < -0.3 is 10.6 Å². The Morgan fingerprint density at radius 3 is 2.30 bits per heavy atom. The number of anilines is 1. The Balaban J connectivity index is 2.16. The number of benzene rings is 2. The van der Waals surface area contributed by atoms with Crippen LogP contribution in [0.3, 0.4) is 0 Å². The molecule has 0 aromatic heterocycles. The van der Waals surface area contributed by atoms with Gasteiger partial charge in [-0.15, -0.1) is 0 Å². The Hall–Kier alpha value is -2.33. The first-order chi connectivity index (χ1) is 11.1. The number of nitrogens with one attached hydrogen (secondary N) is 2. The molecule has 0 aliphatic heterocycles. The van der Waals surface area contributed by atoms with Gasteiger partial charge in [0, 0.05) is 6.54 Å². The number of rotatable bonds is 6. The minimum atomic E-state index is -0.343. The quantitative estimate of drug-likeness (QED) is 0.783. The molecule has 0 saturated heterocycles. The summed E-state index contributed by atoms with van der Waals surface area (Å²) >= 11 is 6.03. The van der Waals surface area contributed by atoms with Crippen LogP contribution in [0.2, 0.25) is 5.02 Å². The topological polar surface area (TPSA) is 58.2 Å². The van der Waals surface area contributed by atoms with Gasteiger partial charge in [-0.2, -0.15) is 0 Å². The summed E-state index contributed by atoms with van der Waals surface area (Å²) in [6.07, 6.45) is 1.92. The second-order valence-corrected chi connectivity index (χ2v) is 5.50. The Labute approximate surface area is 140 Å². The summed E-state index contributed by atoms with van der Waals surface area (Å²) in [7, 11) is 0. The van der Waals surface area contributed by atoms with Gasteiger partial charge in [-0.05, 0) is 30.7 Å². The highest BCUT2D eigenvalue weighted by molar-refractivity contribution is 6.34. The van der Waals surface area contributed by atoms with E-state index in [0.717, 1.165) is 12.8 Å². The average molecular weight is 331 g/mol. The minimum absolute atomic E-state index is 0.200. The Kier molecular flexibility index (Phi) is 6.18. The van der Waals surface area contributed by atoms with Gasteiger partial charge >= 0.3 is 0 Å². The van der Waals surface area contributed by atoms with Crippen molar-refractivity contribution in [3.63, 3.8) is 0 Å². The van der Waals surface area contributed by atoms with Crippen LogP contribution >= 0.6 is 11.6 Å². The zero-order valence-electron chi connectivity index (χ0n) is 12.9. The van der Waals surface area contributed by atoms with Crippen LogP contribution in [0.15, 0.2) is 48.5 Å². The Morgan fingerprint density at radius 1 is 0.957 bits per heavy atom. The molecule has 2 aromatic rings. The molecule has 0 fully saturated rings. The van der Waals surface area contributed by atoms with E-state index in [9.17, 15) is 9.59 Å². The van der Waals surface area contributed by atoms with E-state index >= 15 is 0 Å². The molecule has 0 unspecified atom stereocenters. The smallest absolute Gasteiger partial charge is 0.257 e. The fourth-order valence-corrected chi connectivity index (χ4v) is 2.32. The van der Waals surface area contributed by atoms with Crippen LogP contribution in [0, 0.1) is 0 Å². The van der Waals surface area contributed by atoms with E-state index in [1.807, 2.05) is 0 Å². The first kappa shape index (κ1) is 17.0. The van der Waals surface area contributed by atoms with Crippen molar-refractivity contribution in [1.82, 2.24) is 5.32 Å². The van der Waals surface area contributed by atoms with E-state index in [2.05, 4.69) is 17.6 Å². The Morgan fingerprint density at radius 2 is 1.61 bits per heavy atom. The fourth-order valence-electron chi connectivity index (χ4n) is 2.10. The molecule has 0 heterocycles. The first-order valence-corrected chi connectivity index (χ1v) is 7.94. The first-order valence-electron chi connectivity index (χ1n) is 7.56. The van der Waals surface area contributed by atoms with E-state index in [1.54, 1.807) is 48.5 Å². The highest BCUT2D eigenvalue weighted by Crippen LogP contribution is 2.19. The lowest BCUT2D eigenvalue weighted by molar-refractivity contribution is 0.0954. The fraction of sp³-hybridized carbons (Fsp3) is 0.222. The van der Waals surface area contributed by atoms with Gasteiger partial charge in [0.1, 0.15) is 0 Å². The van der Waals surface area contributed by atoms with Crippen molar-refractivity contribution in [2.24, 2.45) is 0 Å². The molecule has 2 aromatic carbocycles. The third-order valence-electron chi connectivity index (χ3n) is 3.35. The van der Waals surface area contributed by atoms with E-state index < -0.39 is 0 Å². The number of para-hydroxylation sites is 1. The third kappa shape index (κ3) is 4.57. The molecular weight excluding hydrogens is 312 g/mol. The molecular formula is C18H19ClN2O2. The van der Waals surface area contributed by atoms with Crippen LogP contribution in [0.1, 0.15) is 40.5 Å². The minimum Gasteiger partial charge on any atom is -0.352 e. The molecule has 0 spiro atoms. The Bertz CT molecular complexity index is 701. The molecule has 0 bridgehead atoms. The van der Waals surface area contributed by atoms with Gasteiger partial charge in [0.25, 0.3) is 11.8 Å². The van der Waals surface area contributed by atoms with E-state index in [1.165, 1.54) is 0 Å². The van der Waals surface area contributed by atoms with Gasteiger partial charge in [-0.1, -0.05) is 49.2 Å². The molecule has 4 nitrogen and oxygen atoms in total. The SMILES string of the molecule is CCCCNC(=O)c1ccccc1NC(=O)c1ccccc1Cl. The lowest BCUT2D eigenvalue weighted by Crippen LogP contribution is -2.26. The molecule has 2 amide bonds. The summed E-state index contributed by atoms with van der Waals surface area (Å²) in [5.74, 6) is -0.544. The van der Waals surface area contributed by atoms with Crippen LogP contribution in [0.5, 0.6) is 0 Å². The summed E-state index contributed by atoms with van der Waals surface area (Å²) in [6.45, 7) is 2.67. The van der Waals surface area contributed by atoms with Crippen molar-refractivity contribution in [3.05, 3.63) is 64.7 Å². The molecule has 0 radical (unpaired) electrons. The van der Waals surface area contributed by atoms with Gasteiger partial charge in [-0.25, -0.2) is 0 Å². The number of carbonyl (C=O) groups is 2. The van der Waals surface area contributed by atoms with E-state index in [-0.39, 0.29) is 11.8 Å². The van der Waals surface area contributed by atoms with Gasteiger partial charge in [0.05, 0.1) is 21.8 Å². The van der Waals surface area contributed by atoms with E-state index in [0.29, 0.717) is 28.4 Å². The molecule has 0 aliphatic rings. The predicted molar refractivity (Wildman–Crippen MR) is 93.1 cm³/mol. The van der Waals surface area contributed by atoms with Crippen molar-refractivity contribution in [1.29, 1.82) is 0 Å². The highest BCUT2D eigenvalue weighted by atomic mass is 35.5. The van der Waals surface area contributed by atoms with Gasteiger partial charge in [0.2, 0.25) is 0 Å². The summed E-state index contributed by atoms with van der Waals surface area (Å²) in [4.78, 5) is 24.6. The molecule has 5 heteroatoms. The number of unbranched alkanes of at least 4 members (excludes halogenated alkanes) is 1. The summed E-state index contributed by atoms with van der Waals surface area (Å²) in [6, 6.07) is 13.7. The lowest BCUT2D eigenvalue weighted by atomic mass is 10.1. The maximum atomic E-state index is 12.3. The van der Waals surface area contributed by atoms with Crippen molar-refractivity contribution in [2.45, 2.75) is 19.8 Å². The van der Waals surface area contributed by atoms with Gasteiger partial charge in [0.15, 0.2) is 0 Å². The molecule has 23 heavy (non-hydrogen) atoms. The van der Waals surface area contributed by atoms with Crippen molar-refractivity contribution in [2.75, 3.05) is 11.9 Å². The number of halogens is 1. The van der Waals surface area contributed by atoms with Crippen molar-refractivity contribution >= 4 is 29.1 Å². The number of hydrogen-bond acceptors (Lipinski definition) is 2. The van der Waals surface area contributed by atoms with Crippen molar-refractivity contribution < 1.29 is 9.59 Å².